The van der Waals surface area contributed by atoms with Crippen molar-refractivity contribution in [3.8, 4) is 17.2 Å². The highest BCUT2D eigenvalue weighted by atomic mass is 16.6. The summed E-state index contributed by atoms with van der Waals surface area (Å²) in [6.45, 7) is 5.53. The third-order valence-corrected chi connectivity index (χ3v) is 4.61. The Morgan fingerprint density at radius 1 is 0.966 bits per heavy atom. The standard InChI is InChI=1S/C22H28N2O5/c1-2-27-22(26)24-14-12-23(13-15-24)16-18(25)17-28-19-8-10-21(11-9-19)29-20-6-4-3-5-7-20/h3-11,18,25H,2,12-17H2,1H3/t18-/m1/s1. The summed E-state index contributed by atoms with van der Waals surface area (Å²) < 4.78 is 16.5. The molecule has 2 aromatic carbocycles. The van der Waals surface area contributed by atoms with Gasteiger partial charge in [-0.1, -0.05) is 18.2 Å². The largest absolute Gasteiger partial charge is 0.491 e. The number of nitrogens with zero attached hydrogens (tertiary/aromatic N) is 2. The van der Waals surface area contributed by atoms with E-state index in [1.807, 2.05) is 54.6 Å². The molecule has 1 amide bonds. The van der Waals surface area contributed by atoms with E-state index in [0.29, 0.717) is 45.1 Å². The van der Waals surface area contributed by atoms with Crippen LogP contribution < -0.4 is 9.47 Å². The molecule has 0 spiro atoms. The molecule has 0 bridgehead atoms. The molecule has 3 rings (SSSR count). The SMILES string of the molecule is CCOC(=O)N1CCN(C[C@@H](O)COc2ccc(Oc3ccccc3)cc2)CC1. The zero-order valence-corrected chi connectivity index (χ0v) is 16.7. The van der Waals surface area contributed by atoms with Crippen molar-refractivity contribution >= 4 is 6.09 Å². The average molecular weight is 400 g/mol. The van der Waals surface area contributed by atoms with E-state index in [4.69, 9.17) is 14.2 Å². The Hall–Kier alpha value is -2.77. The van der Waals surface area contributed by atoms with Gasteiger partial charge < -0.3 is 24.2 Å². The molecule has 7 nitrogen and oxygen atoms in total. The number of amides is 1. The first-order valence-corrected chi connectivity index (χ1v) is 9.92. The molecule has 0 saturated carbocycles. The lowest BCUT2D eigenvalue weighted by molar-refractivity contribution is 0.0408. The lowest BCUT2D eigenvalue weighted by Gasteiger charge is -2.34. The molecule has 1 N–H and O–H groups in total. The molecule has 1 aliphatic heterocycles. The van der Waals surface area contributed by atoms with Crippen LogP contribution in [-0.2, 0) is 4.74 Å². The van der Waals surface area contributed by atoms with Gasteiger partial charge in [0.05, 0.1) is 6.61 Å². The van der Waals surface area contributed by atoms with Gasteiger partial charge in [0, 0.05) is 32.7 Å². The predicted molar refractivity (Wildman–Crippen MR) is 109 cm³/mol. The van der Waals surface area contributed by atoms with Crippen molar-refractivity contribution in [2.24, 2.45) is 0 Å². The van der Waals surface area contributed by atoms with E-state index >= 15 is 0 Å². The van der Waals surface area contributed by atoms with Crippen LogP contribution in [0.4, 0.5) is 4.79 Å². The number of hydrogen-bond donors (Lipinski definition) is 1. The van der Waals surface area contributed by atoms with Gasteiger partial charge in [-0.25, -0.2) is 4.79 Å². The molecule has 156 valence electrons. The van der Waals surface area contributed by atoms with Gasteiger partial charge in [0.1, 0.15) is 30.0 Å². The fraction of sp³-hybridized carbons (Fsp3) is 0.409. The Bertz CT molecular complexity index is 746. The van der Waals surface area contributed by atoms with E-state index < -0.39 is 6.10 Å². The first-order chi connectivity index (χ1) is 14.1. The number of benzene rings is 2. The first kappa shape index (κ1) is 21.0. The lowest BCUT2D eigenvalue weighted by Crippen LogP contribution is -2.51. The number of ether oxygens (including phenoxy) is 3. The monoisotopic (exact) mass is 400 g/mol. The van der Waals surface area contributed by atoms with Crippen LogP contribution in [0.1, 0.15) is 6.92 Å². The Labute approximate surface area is 171 Å². The highest BCUT2D eigenvalue weighted by molar-refractivity contribution is 5.67. The summed E-state index contributed by atoms with van der Waals surface area (Å²) in [5, 5.41) is 10.3. The second-order valence-electron chi connectivity index (χ2n) is 6.84. The van der Waals surface area contributed by atoms with Crippen molar-refractivity contribution in [2.45, 2.75) is 13.0 Å². The number of hydrogen-bond acceptors (Lipinski definition) is 6. The summed E-state index contributed by atoms with van der Waals surface area (Å²) in [6.07, 6.45) is -0.875. The van der Waals surface area contributed by atoms with Crippen LogP contribution in [0, 0.1) is 0 Å². The number of carbonyl (C=O) groups excluding carboxylic acids is 1. The quantitative estimate of drug-likeness (QED) is 0.735. The molecule has 2 aromatic rings. The number of aliphatic hydroxyl groups is 1. The summed E-state index contributed by atoms with van der Waals surface area (Å²) in [5.74, 6) is 2.18. The maximum atomic E-state index is 11.7. The van der Waals surface area contributed by atoms with Crippen LogP contribution in [0.2, 0.25) is 0 Å². The van der Waals surface area contributed by atoms with Crippen molar-refractivity contribution in [1.82, 2.24) is 9.80 Å². The van der Waals surface area contributed by atoms with E-state index in [-0.39, 0.29) is 12.7 Å². The van der Waals surface area contributed by atoms with Gasteiger partial charge in [0.25, 0.3) is 0 Å². The van der Waals surface area contributed by atoms with Gasteiger partial charge in [0.15, 0.2) is 0 Å². The Morgan fingerprint density at radius 3 is 2.24 bits per heavy atom. The van der Waals surface area contributed by atoms with Crippen molar-refractivity contribution in [3.63, 3.8) is 0 Å². The van der Waals surface area contributed by atoms with Crippen molar-refractivity contribution in [2.75, 3.05) is 45.9 Å². The molecule has 1 aliphatic rings. The molecule has 29 heavy (non-hydrogen) atoms. The zero-order chi connectivity index (χ0) is 20.5. The normalized spacial score (nSPS) is 15.6. The van der Waals surface area contributed by atoms with E-state index in [2.05, 4.69) is 4.90 Å². The molecule has 1 atom stereocenters. The van der Waals surface area contributed by atoms with Gasteiger partial charge in [-0.15, -0.1) is 0 Å². The lowest BCUT2D eigenvalue weighted by atomic mass is 10.2. The number of carbonyl (C=O) groups is 1. The van der Waals surface area contributed by atoms with E-state index in [0.717, 1.165) is 11.5 Å². The number of aliphatic hydroxyl groups excluding tert-OH is 1. The molecule has 1 saturated heterocycles. The van der Waals surface area contributed by atoms with Crippen molar-refractivity contribution in [1.29, 1.82) is 0 Å². The topological polar surface area (TPSA) is 71.5 Å². The molecular formula is C22H28N2O5. The fourth-order valence-electron chi connectivity index (χ4n) is 3.10. The number of rotatable bonds is 8. The predicted octanol–water partition coefficient (Wildman–Crippen LogP) is 2.99. The van der Waals surface area contributed by atoms with Crippen molar-refractivity contribution < 1.29 is 24.1 Å². The summed E-state index contributed by atoms with van der Waals surface area (Å²) >= 11 is 0. The second kappa shape index (κ2) is 10.7. The van der Waals surface area contributed by atoms with Crippen LogP contribution >= 0.6 is 0 Å². The third-order valence-electron chi connectivity index (χ3n) is 4.61. The van der Waals surface area contributed by atoms with Gasteiger partial charge in [-0.05, 0) is 43.3 Å². The van der Waals surface area contributed by atoms with Gasteiger partial charge in [-0.3, -0.25) is 4.90 Å². The minimum atomic E-state index is -0.607. The van der Waals surface area contributed by atoms with Gasteiger partial charge in [0.2, 0.25) is 0 Å². The Morgan fingerprint density at radius 2 is 1.59 bits per heavy atom. The first-order valence-electron chi connectivity index (χ1n) is 9.92. The third kappa shape index (κ3) is 6.66. The maximum absolute atomic E-state index is 11.7. The molecular weight excluding hydrogens is 372 g/mol. The number of piperazine rings is 1. The molecule has 0 aromatic heterocycles. The molecule has 7 heteroatoms. The van der Waals surface area contributed by atoms with Gasteiger partial charge >= 0.3 is 6.09 Å². The molecule has 0 radical (unpaired) electrons. The minimum absolute atomic E-state index is 0.205. The van der Waals surface area contributed by atoms with Crippen LogP contribution in [0.15, 0.2) is 54.6 Å². The molecule has 0 unspecified atom stereocenters. The molecule has 1 heterocycles. The number of β-amino-alcohol motifs (C(OH)–C–C–N with tert-alkyl or cyclic N) is 1. The molecule has 0 aliphatic carbocycles. The zero-order valence-electron chi connectivity index (χ0n) is 16.7. The van der Waals surface area contributed by atoms with Crippen LogP contribution in [0.25, 0.3) is 0 Å². The van der Waals surface area contributed by atoms with Crippen LogP contribution in [-0.4, -0.2) is 73.0 Å². The average Bonchev–Trinajstić information content (AvgIpc) is 2.75. The highest BCUT2D eigenvalue weighted by Gasteiger charge is 2.23. The second-order valence-corrected chi connectivity index (χ2v) is 6.84. The minimum Gasteiger partial charge on any atom is -0.491 e. The summed E-state index contributed by atoms with van der Waals surface area (Å²) in [5.41, 5.74) is 0. The van der Waals surface area contributed by atoms with Crippen LogP contribution in [0.3, 0.4) is 0 Å². The maximum Gasteiger partial charge on any atom is 0.409 e. The summed E-state index contributed by atoms with van der Waals surface area (Å²) in [6, 6.07) is 16.9. The summed E-state index contributed by atoms with van der Waals surface area (Å²) in [4.78, 5) is 15.5. The van der Waals surface area contributed by atoms with E-state index in [1.54, 1.807) is 11.8 Å². The fourth-order valence-corrected chi connectivity index (χ4v) is 3.10. The van der Waals surface area contributed by atoms with Crippen LogP contribution in [0.5, 0.6) is 17.2 Å². The van der Waals surface area contributed by atoms with Crippen molar-refractivity contribution in [3.05, 3.63) is 54.6 Å². The smallest absolute Gasteiger partial charge is 0.409 e. The number of para-hydroxylation sites is 1. The highest BCUT2D eigenvalue weighted by Crippen LogP contribution is 2.23. The summed E-state index contributed by atoms with van der Waals surface area (Å²) in [7, 11) is 0. The van der Waals surface area contributed by atoms with E-state index in [1.165, 1.54) is 0 Å². The van der Waals surface area contributed by atoms with E-state index in [9.17, 15) is 9.90 Å². The van der Waals surface area contributed by atoms with Gasteiger partial charge in [-0.2, -0.15) is 0 Å². The Kier molecular flexibility index (Phi) is 7.72. The molecule has 1 fully saturated rings. The Balaban J connectivity index is 1.37.